The summed E-state index contributed by atoms with van der Waals surface area (Å²) in [7, 11) is 0. The lowest BCUT2D eigenvalue weighted by Gasteiger charge is -2.39. The first kappa shape index (κ1) is 28.8. The molecule has 5 rings (SSSR count). The van der Waals surface area contributed by atoms with Gasteiger partial charge in [0.2, 0.25) is 29.9 Å². The number of nitrogens with zero attached hydrogens (tertiary/aromatic N) is 2. The van der Waals surface area contributed by atoms with Crippen molar-refractivity contribution in [2.24, 2.45) is 40.2 Å². The average molecular weight is 570 g/mol. The second-order valence-corrected chi connectivity index (χ2v) is 13.3. The van der Waals surface area contributed by atoms with Crippen LogP contribution >= 0.6 is 0 Å². The maximum absolute atomic E-state index is 14.4. The van der Waals surface area contributed by atoms with Gasteiger partial charge < -0.3 is 26.0 Å². The number of piperidine rings is 1. The van der Waals surface area contributed by atoms with Gasteiger partial charge in [0.15, 0.2) is 0 Å². The third-order valence-electron chi connectivity index (χ3n) is 9.72. The molecular formula is C27H38F3N5O5. The Balaban J connectivity index is 1.49. The molecule has 1 unspecified atom stereocenters. The fourth-order valence-corrected chi connectivity index (χ4v) is 7.78. The molecule has 2 bridgehead atoms. The quantitative estimate of drug-likeness (QED) is 0.280. The fourth-order valence-electron chi connectivity index (χ4n) is 7.78. The SMILES string of the molecule is CC(C)(C)[C@H](NC(O)C(F)(F)F)C(=O)N1C[C@H]2[C@@H]([C@H]1C(=O)N1C[C@@]3(CCCNC3=O)C[C@H]1C(N)=O)[C@H]1C=C[C@@H]2C1. The van der Waals surface area contributed by atoms with Crippen LogP contribution in [0.2, 0.25) is 0 Å². The highest BCUT2D eigenvalue weighted by Crippen LogP contribution is 2.55. The van der Waals surface area contributed by atoms with Crippen molar-refractivity contribution in [2.45, 2.75) is 77.0 Å². The molecular weight excluding hydrogens is 531 g/mol. The Morgan fingerprint density at radius 3 is 2.45 bits per heavy atom. The van der Waals surface area contributed by atoms with Gasteiger partial charge in [0.05, 0.1) is 11.5 Å². The highest BCUT2D eigenvalue weighted by atomic mass is 19.4. The molecule has 4 fully saturated rings. The number of aliphatic hydroxyl groups excluding tert-OH is 1. The van der Waals surface area contributed by atoms with E-state index in [1.807, 2.05) is 6.08 Å². The summed E-state index contributed by atoms with van der Waals surface area (Å²) in [6.45, 7) is 5.41. The maximum Gasteiger partial charge on any atom is 0.427 e. The normalized spacial score (nSPS) is 36.6. The number of amides is 4. The van der Waals surface area contributed by atoms with Crippen LogP contribution in [-0.4, -0.2) is 88.7 Å². The van der Waals surface area contributed by atoms with Gasteiger partial charge in [0.25, 0.3) is 0 Å². The molecule has 0 aromatic rings. The van der Waals surface area contributed by atoms with Gasteiger partial charge in [-0.1, -0.05) is 32.9 Å². The summed E-state index contributed by atoms with van der Waals surface area (Å²) in [5, 5.41) is 14.7. The number of carbonyl (C=O) groups is 4. The summed E-state index contributed by atoms with van der Waals surface area (Å²) in [4.78, 5) is 56.6. The van der Waals surface area contributed by atoms with E-state index >= 15 is 0 Å². The standard InChI is InChI=1S/C27H38F3N5O5/c1-25(2,3)19(33-24(40)27(28,29)30)22(38)34-11-15-13-5-6-14(9-13)17(15)18(34)21(37)35-12-26(10-16(35)20(31)36)7-4-8-32-23(26)39/h5-6,13-19,24,33,40H,4,7-12H2,1-3H3,(H2,31,36)(H,32,39)/t13-,14+,15-,16+,17+,18+,19-,24?,26-/m1/s1. The molecule has 4 amide bonds. The first-order chi connectivity index (χ1) is 18.5. The van der Waals surface area contributed by atoms with Gasteiger partial charge in [-0.25, -0.2) is 0 Å². The minimum atomic E-state index is -5.00. The molecule has 0 radical (unpaired) electrons. The number of rotatable bonds is 5. The van der Waals surface area contributed by atoms with Gasteiger partial charge in [0.1, 0.15) is 12.1 Å². The molecule has 5 aliphatic rings. The third-order valence-corrected chi connectivity index (χ3v) is 9.72. The van der Waals surface area contributed by atoms with Crippen molar-refractivity contribution >= 4 is 23.6 Å². The highest BCUT2D eigenvalue weighted by Gasteiger charge is 2.62. The van der Waals surface area contributed by atoms with Crippen molar-refractivity contribution in [1.29, 1.82) is 0 Å². The van der Waals surface area contributed by atoms with E-state index in [0.29, 0.717) is 19.4 Å². The zero-order chi connectivity index (χ0) is 29.4. The number of alkyl halides is 3. The zero-order valence-electron chi connectivity index (χ0n) is 22.9. The number of allylic oxidation sites excluding steroid dienone is 2. The van der Waals surface area contributed by atoms with Crippen LogP contribution in [0.4, 0.5) is 13.2 Å². The second-order valence-electron chi connectivity index (χ2n) is 13.3. The molecule has 9 atom stereocenters. The number of halogens is 3. The first-order valence-electron chi connectivity index (χ1n) is 13.9. The molecule has 5 N–H and O–H groups in total. The van der Waals surface area contributed by atoms with Gasteiger partial charge in [0, 0.05) is 19.6 Å². The lowest BCUT2D eigenvalue weighted by atomic mass is 9.78. The molecule has 222 valence electrons. The van der Waals surface area contributed by atoms with Crippen LogP contribution in [0.3, 0.4) is 0 Å². The molecule has 2 aliphatic carbocycles. The molecule has 10 nitrogen and oxygen atoms in total. The summed E-state index contributed by atoms with van der Waals surface area (Å²) >= 11 is 0. The number of hydrogen-bond donors (Lipinski definition) is 4. The Kier molecular flexibility index (Phi) is 7.00. The Labute approximate surface area is 230 Å². The monoisotopic (exact) mass is 569 g/mol. The number of fused-ring (bicyclic) bond motifs is 5. The predicted molar refractivity (Wildman–Crippen MR) is 136 cm³/mol. The van der Waals surface area contributed by atoms with Crippen molar-refractivity contribution in [3.8, 4) is 0 Å². The molecule has 40 heavy (non-hydrogen) atoms. The lowest BCUT2D eigenvalue weighted by molar-refractivity contribution is -0.218. The molecule has 3 saturated heterocycles. The highest BCUT2D eigenvalue weighted by molar-refractivity contribution is 5.96. The third kappa shape index (κ3) is 4.68. The van der Waals surface area contributed by atoms with E-state index in [4.69, 9.17) is 5.73 Å². The number of aliphatic hydroxyl groups is 1. The van der Waals surface area contributed by atoms with Gasteiger partial charge in [-0.15, -0.1) is 0 Å². The van der Waals surface area contributed by atoms with Crippen LogP contribution < -0.4 is 16.4 Å². The molecule has 0 aromatic carbocycles. The summed E-state index contributed by atoms with van der Waals surface area (Å²) in [6.07, 6.45) is -1.75. The Hall–Kier alpha value is -2.67. The molecule has 13 heteroatoms. The van der Waals surface area contributed by atoms with Crippen LogP contribution in [0.5, 0.6) is 0 Å². The topological polar surface area (TPSA) is 145 Å². The number of primary amides is 1. The number of carbonyl (C=O) groups excluding carboxylic acids is 4. The molecule has 3 aliphatic heterocycles. The Bertz CT molecular complexity index is 1120. The van der Waals surface area contributed by atoms with E-state index in [1.54, 1.807) is 20.8 Å². The number of nitrogens with one attached hydrogen (secondary N) is 2. The van der Waals surface area contributed by atoms with E-state index in [1.165, 1.54) is 9.80 Å². The minimum Gasteiger partial charge on any atom is -0.370 e. The molecule has 3 heterocycles. The smallest absolute Gasteiger partial charge is 0.370 e. The van der Waals surface area contributed by atoms with Crippen LogP contribution in [0.25, 0.3) is 0 Å². The van der Waals surface area contributed by atoms with Crippen LogP contribution in [0, 0.1) is 34.5 Å². The van der Waals surface area contributed by atoms with E-state index < -0.39 is 59.1 Å². The van der Waals surface area contributed by atoms with E-state index in [2.05, 4.69) is 16.7 Å². The van der Waals surface area contributed by atoms with Crippen LogP contribution in [0.1, 0.15) is 46.5 Å². The maximum atomic E-state index is 14.4. The van der Waals surface area contributed by atoms with Crippen molar-refractivity contribution in [2.75, 3.05) is 19.6 Å². The second kappa shape index (κ2) is 9.71. The summed E-state index contributed by atoms with van der Waals surface area (Å²) in [6, 6.07) is -3.52. The Morgan fingerprint density at radius 1 is 1.18 bits per heavy atom. The van der Waals surface area contributed by atoms with Crippen LogP contribution in [-0.2, 0) is 19.2 Å². The zero-order valence-corrected chi connectivity index (χ0v) is 22.9. The van der Waals surface area contributed by atoms with Crippen molar-refractivity contribution in [1.82, 2.24) is 20.4 Å². The summed E-state index contributed by atoms with van der Waals surface area (Å²) in [5.41, 5.74) is 3.72. The molecule has 0 aromatic heterocycles. The van der Waals surface area contributed by atoms with Gasteiger partial charge in [-0.05, 0) is 54.8 Å². The van der Waals surface area contributed by atoms with Gasteiger partial charge in [-0.2, -0.15) is 13.2 Å². The molecule has 1 spiro atoms. The van der Waals surface area contributed by atoms with Crippen molar-refractivity contribution in [3.05, 3.63) is 12.2 Å². The fraction of sp³-hybridized carbons (Fsp3) is 0.778. The largest absolute Gasteiger partial charge is 0.427 e. The average Bonchev–Trinajstić information content (AvgIpc) is 3.62. The van der Waals surface area contributed by atoms with Gasteiger partial charge >= 0.3 is 6.18 Å². The van der Waals surface area contributed by atoms with Crippen molar-refractivity contribution in [3.63, 3.8) is 0 Å². The van der Waals surface area contributed by atoms with E-state index in [9.17, 15) is 37.5 Å². The van der Waals surface area contributed by atoms with Crippen molar-refractivity contribution < 1.29 is 37.5 Å². The summed E-state index contributed by atoms with van der Waals surface area (Å²) < 4.78 is 39.9. The van der Waals surface area contributed by atoms with E-state index in [0.717, 1.165) is 6.42 Å². The number of nitrogens with two attached hydrogens (primary N) is 1. The number of hydrogen-bond acceptors (Lipinski definition) is 6. The number of likely N-dealkylation sites (tertiary alicyclic amines) is 2. The predicted octanol–water partition coefficient (Wildman–Crippen LogP) is 0.503. The Morgan fingerprint density at radius 2 is 1.85 bits per heavy atom. The minimum absolute atomic E-state index is 0.00475. The van der Waals surface area contributed by atoms with E-state index in [-0.39, 0.29) is 49.1 Å². The van der Waals surface area contributed by atoms with Gasteiger partial charge in [-0.3, -0.25) is 24.5 Å². The first-order valence-corrected chi connectivity index (χ1v) is 13.9. The molecule has 1 saturated carbocycles. The lowest BCUT2D eigenvalue weighted by Crippen LogP contribution is -2.62. The summed E-state index contributed by atoms with van der Waals surface area (Å²) in [5.74, 6) is -2.42. The van der Waals surface area contributed by atoms with Crippen LogP contribution in [0.15, 0.2) is 12.2 Å².